The van der Waals surface area contributed by atoms with Gasteiger partial charge in [-0.15, -0.1) is 0 Å². The first-order chi connectivity index (χ1) is 14.5. The number of aromatic hydroxyl groups is 1. The van der Waals surface area contributed by atoms with E-state index in [0.717, 1.165) is 5.39 Å². The number of non-ortho nitro benzene ring substituents is 1. The summed E-state index contributed by atoms with van der Waals surface area (Å²) in [6, 6.07) is 19.4. The second-order valence-electron chi connectivity index (χ2n) is 6.41. The van der Waals surface area contributed by atoms with E-state index in [-0.39, 0.29) is 28.7 Å². The molecule has 1 heterocycles. The smallest absolute Gasteiger partial charge is 0.291 e. The number of nitro benzene ring substituents is 1. The number of furan rings is 1. The number of rotatable bonds is 5. The lowest BCUT2D eigenvalue weighted by atomic mass is 10.2. The molecule has 0 spiro atoms. The molecule has 0 saturated heterocycles. The summed E-state index contributed by atoms with van der Waals surface area (Å²) in [7, 11) is 0. The molecule has 30 heavy (non-hydrogen) atoms. The SMILES string of the molecule is O=C(Nc1ccc(N=Cc2cc([N+](=O)[O-])ccc2O)cc1)c1cc2ccccc2o1. The standard InChI is InChI=1S/C22H15N3O5/c26-19-10-9-18(25(28)29)11-15(19)13-23-16-5-7-17(8-6-16)24-22(27)21-12-14-3-1-2-4-20(14)30-21/h1-13,26H,(H,24,27). The Morgan fingerprint density at radius 2 is 1.83 bits per heavy atom. The number of anilines is 1. The molecular formula is C22H15N3O5. The second kappa shape index (κ2) is 7.88. The Morgan fingerprint density at radius 1 is 1.07 bits per heavy atom. The number of benzene rings is 3. The number of fused-ring (bicyclic) bond motifs is 1. The first-order valence-corrected chi connectivity index (χ1v) is 8.91. The predicted molar refractivity (Wildman–Crippen MR) is 113 cm³/mol. The van der Waals surface area contributed by atoms with Gasteiger partial charge in [-0.25, -0.2) is 0 Å². The van der Waals surface area contributed by atoms with Crippen LogP contribution in [0.5, 0.6) is 5.75 Å². The molecule has 0 aliphatic rings. The molecule has 2 N–H and O–H groups in total. The monoisotopic (exact) mass is 401 g/mol. The van der Waals surface area contributed by atoms with Crippen LogP contribution < -0.4 is 5.32 Å². The highest BCUT2D eigenvalue weighted by Gasteiger charge is 2.12. The van der Waals surface area contributed by atoms with Gasteiger partial charge in [-0.3, -0.25) is 19.9 Å². The lowest BCUT2D eigenvalue weighted by Gasteiger charge is -2.03. The summed E-state index contributed by atoms with van der Waals surface area (Å²) < 4.78 is 5.54. The van der Waals surface area contributed by atoms with Crippen molar-refractivity contribution in [2.75, 3.05) is 5.32 Å². The van der Waals surface area contributed by atoms with Gasteiger partial charge in [0.2, 0.25) is 0 Å². The summed E-state index contributed by atoms with van der Waals surface area (Å²) in [4.78, 5) is 26.9. The maximum atomic E-state index is 12.4. The molecule has 1 amide bonds. The quantitative estimate of drug-likeness (QED) is 0.276. The zero-order valence-corrected chi connectivity index (χ0v) is 15.5. The van der Waals surface area contributed by atoms with Gasteiger partial charge in [0, 0.05) is 35.0 Å². The topological polar surface area (TPSA) is 118 Å². The molecule has 0 atom stereocenters. The number of phenolic OH excluding ortho intramolecular Hbond substituents is 1. The van der Waals surface area contributed by atoms with Gasteiger partial charge >= 0.3 is 0 Å². The molecule has 8 nitrogen and oxygen atoms in total. The number of nitro groups is 1. The molecule has 0 bridgehead atoms. The van der Waals surface area contributed by atoms with E-state index in [4.69, 9.17) is 4.42 Å². The molecule has 4 rings (SSSR count). The predicted octanol–water partition coefficient (Wildman–Crippen LogP) is 5.05. The largest absolute Gasteiger partial charge is 0.507 e. The Balaban J connectivity index is 1.46. The molecule has 0 aliphatic heterocycles. The number of nitrogens with zero attached hydrogens (tertiary/aromatic N) is 2. The van der Waals surface area contributed by atoms with Crippen molar-refractivity contribution >= 4 is 40.2 Å². The zero-order chi connectivity index (χ0) is 21.1. The van der Waals surface area contributed by atoms with Crippen molar-refractivity contribution < 1.29 is 19.2 Å². The van der Waals surface area contributed by atoms with Gasteiger partial charge in [-0.1, -0.05) is 18.2 Å². The van der Waals surface area contributed by atoms with E-state index >= 15 is 0 Å². The molecule has 148 valence electrons. The molecule has 3 aromatic carbocycles. The third-order valence-electron chi connectivity index (χ3n) is 4.35. The molecule has 0 fully saturated rings. The minimum atomic E-state index is -0.545. The van der Waals surface area contributed by atoms with E-state index in [2.05, 4.69) is 10.3 Å². The van der Waals surface area contributed by atoms with Crippen molar-refractivity contribution in [1.29, 1.82) is 0 Å². The minimum absolute atomic E-state index is 0.112. The van der Waals surface area contributed by atoms with E-state index in [1.807, 2.05) is 18.2 Å². The number of carbonyl (C=O) groups is 1. The Labute approximate surface area is 170 Å². The first kappa shape index (κ1) is 18.9. The van der Waals surface area contributed by atoms with Crippen LogP contribution in [0.2, 0.25) is 0 Å². The molecular weight excluding hydrogens is 386 g/mol. The van der Waals surface area contributed by atoms with Crippen LogP contribution in [0, 0.1) is 10.1 Å². The van der Waals surface area contributed by atoms with E-state index in [9.17, 15) is 20.0 Å². The summed E-state index contributed by atoms with van der Waals surface area (Å²) in [6.45, 7) is 0. The Kier molecular flexibility index (Phi) is 4.96. The van der Waals surface area contributed by atoms with Gasteiger partial charge in [0.1, 0.15) is 11.3 Å². The average molecular weight is 401 g/mol. The van der Waals surface area contributed by atoms with E-state index in [1.54, 1.807) is 36.4 Å². The summed E-state index contributed by atoms with van der Waals surface area (Å²) in [5.41, 5.74) is 1.82. The van der Waals surface area contributed by atoms with Crippen LogP contribution in [0.25, 0.3) is 11.0 Å². The summed E-state index contributed by atoms with van der Waals surface area (Å²) in [6.07, 6.45) is 1.34. The van der Waals surface area contributed by atoms with Gasteiger partial charge in [0.15, 0.2) is 5.76 Å². The summed E-state index contributed by atoms with van der Waals surface area (Å²) >= 11 is 0. The van der Waals surface area contributed by atoms with Crippen LogP contribution in [-0.4, -0.2) is 22.2 Å². The van der Waals surface area contributed by atoms with Crippen molar-refractivity contribution in [3.63, 3.8) is 0 Å². The number of para-hydroxylation sites is 1. The Bertz CT molecular complexity index is 1240. The number of carbonyl (C=O) groups excluding carboxylic acids is 1. The Morgan fingerprint density at radius 3 is 2.57 bits per heavy atom. The van der Waals surface area contributed by atoms with Crippen LogP contribution in [0.1, 0.15) is 16.1 Å². The van der Waals surface area contributed by atoms with Crippen LogP contribution in [-0.2, 0) is 0 Å². The normalized spacial score (nSPS) is 11.1. The number of nitrogens with one attached hydrogen (secondary N) is 1. The number of amides is 1. The maximum absolute atomic E-state index is 12.4. The minimum Gasteiger partial charge on any atom is -0.507 e. The van der Waals surface area contributed by atoms with E-state index in [0.29, 0.717) is 17.0 Å². The maximum Gasteiger partial charge on any atom is 0.291 e. The third-order valence-corrected chi connectivity index (χ3v) is 4.35. The van der Waals surface area contributed by atoms with Gasteiger partial charge in [-0.2, -0.15) is 0 Å². The van der Waals surface area contributed by atoms with Crippen molar-refractivity contribution in [1.82, 2.24) is 0 Å². The molecule has 0 saturated carbocycles. The van der Waals surface area contributed by atoms with Crippen LogP contribution in [0.4, 0.5) is 17.1 Å². The van der Waals surface area contributed by atoms with Crippen LogP contribution >= 0.6 is 0 Å². The van der Waals surface area contributed by atoms with Crippen molar-refractivity contribution in [3.8, 4) is 5.75 Å². The zero-order valence-electron chi connectivity index (χ0n) is 15.5. The molecule has 0 aliphatic carbocycles. The van der Waals surface area contributed by atoms with Crippen molar-refractivity contribution in [3.05, 3.63) is 94.2 Å². The average Bonchev–Trinajstić information content (AvgIpc) is 3.18. The fraction of sp³-hybridized carbons (Fsp3) is 0. The van der Waals surface area contributed by atoms with Gasteiger partial charge in [0.05, 0.1) is 10.6 Å². The Hall–Kier alpha value is -4.46. The fourth-order valence-electron chi connectivity index (χ4n) is 2.82. The van der Waals surface area contributed by atoms with Gasteiger partial charge in [-0.05, 0) is 42.5 Å². The third kappa shape index (κ3) is 4.02. The van der Waals surface area contributed by atoms with Gasteiger partial charge in [0.25, 0.3) is 11.6 Å². The van der Waals surface area contributed by atoms with Crippen molar-refractivity contribution in [2.24, 2.45) is 4.99 Å². The lowest BCUT2D eigenvalue weighted by Crippen LogP contribution is -2.10. The fourth-order valence-corrected chi connectivity index (χ4v) is 2.82. The van der Waals surface area contributed by atoms with E-state index < -0.39 is 4.92 Å². The van der Waals surface area contributed by atoms with Crippen LogP contribution in [0.3, 0.4) is 0 Å². The number of hydrogen-bond donors (Lipinski definition) is 2. The van der Waals surface area contributed by atoms with Crippen LogP contribution in [0.15, 0.2) is 82.2 Å². The molecule has 1 aromatic heterocycles. The molecule has 0 unspecified atom stereocenters. The number of phenols is 1. The highest BCUT2D eigenvalue weighted by Crippen LogP contribution is 2.24. The lowest BCUT2D eigenvalue weighted by molar-refractivity contribution is -0.384. The van der Waals surface area contributed by atoms with Gasteiger partial charge < -0.3 is 14.8 Å². The molecule has 4 aromatic rings. The van der Waals surface area contributed by atoms with Crippen molar-refractivity contribution in [2.45, 2.75) is 0 Å². The number of aliphatic imine (C=N–C) groups is 1. The molecule has 0 radical (unpaired) electrons. The first-order valence-electron chi connectivity index (χ1n) is 8.91. The highest BCUT2D eigenvalue weighted by atomic mass is 16.6. The second-order valence-corrected chi connectivity index (χ2v) is 6.41. The number of hydrogen-bond acceptors (Lipinski definition) is 6. The van der Waals surface area contributed by atoms with E-state index in [1.165, 1.54) is 24.4 Å². The molecule has 8 heteroatoms. The highest BCUT2D eigenvalue weighted by molar-refractivity contribution is 6.04. The summed E-state index contributed by atoms with van der Waals surface area (Å²) in [5, 5.41) is 24.3. The summed E-state index contributed by atoms with van der Waals surface area (Å²) in [5.74, 6) is -0.275.